The summed E-state index contributed by atoms with van der Waals surface area (Å²) in [7, 11) is 0. The van der Waals surface area contributed by atoms with Crippen LogP contribution in [-0.4, -0.2) is 24.3 Å². The maximum atomic E-state index is 12.8. The molecule has 0 saturated heterocycles. The number of nitrogens with zero attached hydrogens (tertiary/aromatic N) is 1. The maximum absolute atomic E-state index is 12.8. The highest BCUT2D eigenvalue weighted by Gasteiger charge is 2.22. The summed E-state index contributed by atoms with van der Waals surface area (Å²) in [5, 5.41) is 13.6. The molecule has 1 heterocycles. The molecule has 7 heteroatoms. The number of benzene rings is 3. The fourth-order valence-electron chi connectivity index (χ4n) is 3.42. The van der Waals surface area contributed by atoms with Crippen LogP contribution in [0, 0.1) is 0 Å². The molecule has 3 aromatic carbocycles. The molecule has 0 atom stereocenters. The van der Waals surface area contributed by atoms with Crippen molar-refractivity contribution in [1.29, 1.82) is 0 Å². The SMILES string of the molecule is CCOC(=O)c1c(/N=C(\[O-])c2ccccc2)sc2c(CC(=O)c3ccccc3)cccc12.[NH4+]. The van der Waals surface area contributed by atoms with Gasteiger partial charge in [0.05, 0.1) is 6.61 Å². The molecule has 0 radical (unpaired) electrons. The van der Waals surface area contributed by atoms with Crippen molar-refractivity contribution >= 4 is 44.1 Å². The van der Waals surface area contributed by atoms with Crippen LogP contribution in [0.1, 0.15) is 38.8 Å². The first-order valence-corrected chi connectivity index (χ1v) is 11.0. The van der Waals surface area contributed by atoms with Gasteiger partial charge >= 0.3 is 5.97 Å². The van der Waals surface area contributed by atoms with E-state index in [0.29, 0.717) is 16.5 Å². The maximum Gasteiger partial charge on any atom is 0.341 e. The Bertz CT molecular complexity index is 1300. The summed E-state index contributed by atoms with van der Waals surface area (Å²) in [5.74, 6) is -1.00. The van der Waals surface area contributed by atoms with Gasteiger partial charge in [-0.3, -0.25) is 9.79 Å². The van der Waals surface area contributed by atoms with Crippen LogP contribution in [0.3, 0.4) is 0 Å². The molecular weight excluding hydrogens is 436 g/mol. The average Bonchev–Trinajstić information content (AvgIpc) is 3.19. The molecule has 6 nitrogen and oxygen atoms in total. The Hall–Kier alpha value is -3.81. The third-order valence-corrected chi connectivity index (χ3v) is 6.10. The minimum atomic E-state index is -0.537. The van der Waals surface area contributed by atoms with E-state index in [9.17, 15) is 14.7 Å². The molecule has 4 rings (SSSR count). The van der Waals surface area contributed by atoms with Gasteiger partial charge in [-0.2, -0.15) is 0 Å². The van der Waals surface area contributed by atoms with Crippen LogP contribution in [-0.2, 0) is 11.2 Å². The van der Waals surface area contributed by atoms with Gasteiger partial charge in [0.25, 0.3) is 0 Å². The number of aliphatic imine (C=N–C) groups is 1. The first-order chi connectivity index (χ1) is 15.6. The van der Waals surface area contributed by atoms with E-state index >= 15 is 0 Å². The number of fused-ring (bicyclic) bond motifs is 1. The smallest absolute Gasteiger partial charge is 0.341 e. The largest absolute Gasteiger partial charge is 0.858 e. The molecule has 4 aromatic rings. The Labute approximate surface area is 195 Å². The van der Waals surface area contributed by atoms with E-state index in [2.05, 4.69) is 4.99 Å². The van der Waals surface area contributed by atoms with Crippen LogP contribution in [0.15, 0.2) is 83.9 Å². The third-order valence-electron chi connectivity index (χ3n) is 4.93. The van der Waals surface area contributed by atoms with Gasteiger partial charge in [-0.15, -0.1) is 11.3 Å². The summed E-state index contributed by atoms with van der Waals surface area (Å²) in [6.07, 6.45) is 0.177. The van der Waals surface area contributed by atoms with Gasteiger partial charge in [-0.1, -0.05) is 78.9 Å². The van der Waals surface area contributed by atoms with E-state index < -0.39 is 11.9 Å². The first kappa shape index (κ1) is 23.8. The van der Waals surface area contributed by atoms with Crippen LogP contribution < -0.4 is 11.3 Å². The highest BCUT2D eigenvalue weighted by molar-refractivity contribution is 7.23. The number of quaternary nitrogens is 1. The van der Waals surface area contributed by atoms with Crippen LogP contribution in [0.2, 0.25) is 0 Å². The molecule has 0 amide bonds. The van der Waals surface area contributed by atoms with E-state index in [4.69, 9.17) is 4.74 Å². The molecule has 0 aliphatic heterocycles. The molecule has 0 aliphatic carbocycles. The second-order valence-electron chi connectivity index (χ2n) is 7.05. The van der Waals surface area contributed by atoms with Gasteiger partial charge in [-0.25, -0.2) is 4.79 Å². The van der Waals surface area contributed by atoms with Crippen LogP contribution in [0.25, 0.3) is 10.1 Å². The quantitative estimate of drug-likeness (QED) is 0.174. The summed E-state index contributed by atoms with van der Waals surface area (Å²) in [6.45, 7) is 1.93. The van der Waals surface area contributed by atoms with Crippen molar-refractivity contribution in [2.75, 3.05) is 6.61 Å². The number of thiophene rings is 1. The normalized spacial score (nSPS) is 11.1. The lowest BCUT2D eigenvalue weighted by atomic mass is 10.0. The van der Waals surface area contributed by atoms with E-state index in [1.54, 1.807) is 55.5 Å². The number of carbonyl (C=O) groups is 2. The molecule has 0 fully saturated rings. The summed E-state index contributed by atoms with van der Waals surface area (Å²) >= 11 is 1.22. The summed E-state index contributed by atoms with van der Waals surface area (Å²) < 4.78 is 5.99. The Balaban J connectivity index is 0.00000306. The first-order valence-electron chi connectivity index (χ1n) is 10.2. The number of rotatable bonds is 7. The molecule has 33 heavy (non-hydrogen) atoms. The zero-order valence-corrected chi connectivity index (χ0v) is 19.2. The Morgan fingerprint density at radius 2 is 1.55 bits per heavy atom. The van der Waals surface area contributed by atoms with Crippen molar-refractivity contribution < 1.29 is 19.4 Å². The van der Waals surface area contributed by atoms with Gasteiger partial charge in [-0.05, 0) is 23.9 Å². The highest BCUT2D eigenvalue weighted by Crippen LogP contribution is 2.40. The zero-order chi connectivity index (χ0) is 22.5. The number of hydrogen-bond acceptors (Lipinski definition) is 6. The molecule has 0 bridgehead atoms. The second-order valence-corrected chi connectivity index (χ2v) is 8.04. The lowest BCUT2D eigenvalue weighted by molar-refractivity contribution is -0.212. The Kier molecular flexibility index (Phi) is 7.71. The van der Waals surface area contributed by atoms with Gasteiger partial charge < -0.3 is 16.0 Å². The molecule has 0 saturated carbocycles. The predicted octanol–water partition coefficient (Wildman–Crippen LogP) is 5.32. The minimum absolute atomic E-state index is 0. The van der Waals surface area contributed by atoms with Crippen molar-refractivity contribution in [3.05, 3.63) is 101 Å². The second kappa shape index (κ2) is 10.7. The van der Waals surface area contributed by atoms with E-state index in [1.807, 2.05) is 30.3 Å². The van der Waals surface area contributed by atoms with Crippen molar-refractivity contribution in [2.24, 2.45) is 4.99 Å². The molecule has 0 unspecified atom stereocenters. The van der Waals surface area contributed by atoms with Crippen LogP contribution in [0.5, 0.6) is 0 Å². The average molecular weight is 461 g/mol. The highest BCUT2D eigenvalue weighted by atomic mass is 32.1. The molecule has 4 N–H and O–H groups in total. The van der Waals surface area contributed by atoms with E-state index in [0.717, 1.165) is 10.3 Å². The van der Waals surface area contributed by atoms with Gasteiger partial charge in [0.15, 0.2) is 5.78 Å². The van der Waals surface area contributed by atoms with Gasteiger partial charge in [0.1, 0.15) is 10.6 Å². The van der Waals surface area contributed by atoms with Crippen LogP contribution >= 0.6 is 11.3 Å². The molecular formula is C26H24N2O4S. The Morgan fingerprint density at radius 3 is 2.18 bits per heavy atom. The molecule has 1 aromatic heterocycles. The Morgan fingerprint density at radius 1 is 0.909 bits per heavy atom. The fraction of sp³-hybridized carbons (Fsp3) is 0.115. The summed E-state index contributed by atoms with van der Waals surface area (Å²) in [6, 6.07) is 23.2. The predicted molar refractivity (Wildman–Crippen MR) is 131 cm³/mol. The van der Waals surface area contributed by atoms with Crippen LogP contribution in [0.4, 0.5) is 5.00 Å². The number of ether oxygens (including phenoxy) is 1. The lowest BCUT2D eigenvalue weighted by Crippen LogP contribution is -2.18. The minimum Gasteiger partial charge on any atom is -0.858 e. The zero-order valence-electron chi connectivity index (χ0n) is 18.4. The summed E-state index contributed by atoms with van der Waals surface area (Å²) in [5.41, 5.74) is 2.08. The number of Topliss-reactive ketones (excluding diaryl/α,β-unsaturated/α-hetero) is 1. The van der Waals surface area contributed by atoms with Crippen molar-refractivity contribution in [3.8, 4) is 0 Å². The summed E-state index contributed by atoms with van der Waals surface area (Å²) in [4.78, 5) is 29.8. The van der Waals surface area contributed by atoms with E-state index in [1.165, 1.54) is 11.3 Å². The van der Waals surface area contributed by atoms with Gasteiger partial charge in [0.2, 0.25) is 0 Å². The topological polar surface area (TPSA) is 115 Å². The number of carbonyl (C=O) groups excluding carboxylic acids is 2. The fourth-order valence-corrected chi connectivity index (χ4v) is 4.59. The molecule has 168 valence electrons. The monoisotopic (exact) mass is 460 g/mol. The number of ketones is 1. The van der Waals surface area contributed by atoms with Crippen molar-refractivity contribution in [3.63, 3.8) is 0 Å². The number of hydrogen-bond donors (Lipinski definition) is 1. The molecule has 0 spiro atoms. The van der Waals surface area contributed by atoms with Gasteiger partial charge in [0, 0.05) is 22.1 Å². The standard InChI is InChI=1S/C26H21NO4S.H3N/c1-2-31-26(30)22-20-15-9-14-19(16-21(28)17-10-5-3-6-11-17)23(20)32-25(22)27-24(29)18-12-7-4-8-13-18;/h3-15H,2,16H2,1H3,(H,27,29);1H3. The lowest BCUT2D eigenvalue weighted by Gasteiger charge is -2.10. The van der Waals surface area contributed by atoms with Crippen molar-refractivity contribution in [1.82, 2.24) is 6.15 Å². The molecule has 0 aliphatic rings. The van der Waals surface area contributed by atoms with E-state index in [-0.39, 0.29) is 35.5 Å². The number of esters is 1. The van der Waals surface area contributed by atoms with Crippen molar-refractivity contribution in [2.45, 2.75) is 13.3 Å². The third kappa shape index (κ3) is 5.16.